The Hall–Kier alpha value is -3.84. The van der Waals surface area contributed by atoms with E-state index in [1.54, 1.807) is 14.0 Å². The summed E-state index contributed by atoms with van der Waals surface area (Å²) in [7, 11) is 1.57. The van der Waals surface area contributed by atoms with Crippen molar-refractivity contribution in [3.63, 3.8) is 0 Å². The van der Waals surface area contributed by atoms with Gasteiger partial charge in [-0.2, -0.15) is 0 Å². The van der Waals surface area contributed by atoms with Gasteiger partial charge in [-0.25, -0.2) is 4.79 Å². The molecule has 1 aliphatic carbocycles. The largest absolute Gasteiger partial charge is 0.493 e. The van der Waals surface area contributed by atoms with Crippen molar-refractivity contribution in [1.29, 1.82) is 0 Å². The van der Waals surface area contributed by atoms with Gasteiger partial charge in [-0.05, 0) is 42.5 Å². The molecule has 0 radical (unpaired) electrons. The van der Waals surface area contributed by atoms with Gasteiger partial charge in [0.25, 0.3) is 5.91 Å². The van der Waals surface area contributed by atoms with Crippen LogP contribution in [0.4, 0.5) is 0 Å². The first kappa shape index (κ1) is 26.8. The van der Waals surface area contributed by atoms with E-state index in [1.165, 1.54) is 4.90 Å². The van der Waals surface area contributed by atoms with E-state index in [4.69, 9.17) is 14.2 Å². The molecule has 1 heterocycles. The Morgan fingerprint density at radius 2 is 1.67 bits per heavy atom. The predicted molar refractivity (Wildman–Crippen MR) is 147 cm³/mol. The highest BCUT2D eigenvalue weighted by Crippen LogP contribution is 2.43. The van der Waals surface area contributed by atoms with Crippen LogP contribution in [-0.4, -0.2) is 40.6 Å². The number of hydrogen-bond donors (Lipinski definition) is 1. The van der Waals surface area contributed by atoms with Crippen molar-refractivity contribution >= 4 is 11.9 Å². The molecule has 39 heavy (non-hydrogen) atoms. The average molecular weight is 530 g/mol. The monoisotopic (exact) mass is 529 g/mol. The molecule has 1 amide bonds. The van der Waals surface area contributed by atoms with E-state index in [9.17, 15) is 14.7 Å². The van der Waals surface area contributed by atoms with Gasteiger partial charge in [-0.3, -0.25) is 4.79 Å². The predicted octanol–water partition coefficient (Wildman–Crippen LogP) is 5.70. The van der Waals surface area contributed by atoms with Crippen LogP contribution < -0.4 is 9.47 Å². The van der Waals surface area contributed by atoms with Gasteiger partial charge >= 0.3 is 5.97 Å². The van der Waals surface area contributed by atoms with E-state index in [0.29, 0.717) is 18.1 Å². The van der Waals surface area contributed by atoms with Gasteiger partial charge in [0.05, 0.1) is 13.2 Å². The van der Waals surface area contributed by atoms with Crippen molar-refractivity contribution in [3.8, 4) is 11.5 Å². The number of amides is 1. The Balaban J connectivity index is 1.50. The zero-order valence-corrected chi connectivity index (χ0v) is 22.5. The molecule has 3 aromatic rings. The zero-order chi connectivity index (χ0) is 27.4. The van der Waals surface area contributed by atoms with Crippen LogP contribution in [0.2, 0.25) is 0 Å². The molecule has 2 atom stereocenters. The molecule has 7 nitrogen and oxygen atoms in total. The van der Waals surface area contributed by atoms with Gasteiger partial charge in [-0.15, -0.1) is 0 Å². The maximum absolute atomic E-state index is 14.2. The summed E-state index contributed by atoms with van der Waals surface area (Å²) in [6, 6.07) is 22.8. The third-order valence-corrected chi connectivity index (χ3v) is 7.90. The fourth-order valence-electron chi connectivity index (χ4n) is 5.60. The molecule has 204 valence electrons. The lowest BCUT2D eigenvalue weighted by Crippen LogP contribution is -2.59. The number of rotatable bonds is 9. The second kappa shape index (κ2) is 11.5. The molecule has 0 spiro atoms. The maximum atomic E-state index is 14.2. The lowest BCUT2D eigenvalue weighted by Gasteiger charge is -2.44. The highest BCUT2D eigenvalue weighted by molar-refractivity contribution is 5.90. The first-order chi connectivity index (χ1) is 18.9. The number of hydrogen-bond acceptors (Lipinski definition) is 5. The zero-order valence-electron chi connectivity index (χ0n) is 22.5. The number of carboxylic acid groups (broad SMARTS) is 1. The lowest BCUT2D eigenvalue weighted by atomic mass is 9.82. The average Bonchev–Trinajstić information content (AvgIpc) is 3.48. The quantitative estimate of drug-likeness (QED) is 0.383. The molecular formula is C32H35NO6. The van der Waals surface area contributed by atoms with E-state index in [1.807, 2.05) is 72.8 Å². The fraction of sp³-hybridized carbons (Fsp3) is 0.375. The molecule has 2 aliphatic rings. The van der Waals surface area contributed by atoms with Crippen molar-refractivity contribution < 1.29 is 28.9 Å². The van der Waals surface area contributed by atoms with Crippen LogP contribution in [0, 0.1) is 0 Å². The minimum atomic E-state index is -1.51. The smallest absolute Gasteiger partial charge is 0.329 e. The number of aliphatic carboxylic acids is 1. The summed E-state index contributed by atoms with van der Waals surface area (Å²) in [5, 5.41) is 10.5. The van der Waals surface area contributed by atoms with Gasteiger partial charge in [0.2, 0.25) is 0 Å². The van der Waals surface area contributed by atoms with Gasteiger partial charge in [-0.1, -0.05) is 79.6 Å². The van der Waals surface area contributed by atoms with Crippen LogP contribution in [0.5, 0.6) is 11.5 Å². The highest BCUT2D eigenvalue weighted by atomic mass is 16.5. The topological polar surface area (TPSA) is 85.3 Å². The number of carboxylic acids is 1. The Kier molecular flexibility index (Phi) is 7.89. The SMILES string of the molecule is COc1ccc2c(c1OCc1ccccc1)C[C@](C)(C(=O)O)N(C(=O)[C@H](OC1CCCC1)c1ccccc1)C2. The minimum absolute atomic E-state index is 0.0189. The molecule has 1 aliphatic heterocycles. The number of benzene rings is 3. The molecule has 1 saturated carbocycles. The van der Waals surface area contributed by atoms with Crippen molar-refractivity contribution in [2.45, 2.75) is 69.9 Å². The van der Waals surface area contributed by atoms with Crippen LogP contribution >= 0.6 is 0 Å². The van der Waals surface area contributed by atoms with Crippen LogP contribution in [0.25, 0.3) is 0 Å². The third-order valence-electron chi connectivity index (χ3n) is 7.90. The molecule has 3 aromatic carbocycles. The third kappa shape index (κ3) is 5.50. The first-order valence-corrected chi connectivity index (χ1v) is 13.5. The van der Waals surface area contributed by atoms with Gasteiger partial charge in [0.1, 0.15) is 12.1 Å². The molecule has 1 fully saturated rings. The van der Waals surface area contributed by atoms with E-state index in [2.05, 4.69) is 0 Å². The summed E-state index contributed by atoms with van der Waals surface area (Å²) in [5.41, 5.74) is 1.79. The maximum Gasteiger partial charge on any atom is 0.329 e. The van der Waals surface area contributed by atoms with Crippen LogP contribution in [0.1, 0.15) is 61.0 Å². The summed E-state index contributed by atoms with van der Waals surface area (Å²) in [5.74, 6) is -0.374. The minimum Gasteiger partial charge on any atom is -0.493 e. The van der Waals surface area contributed by atoms with Crippen LogP contribution in [0.3, 0.4) is 0 Å². The molecule has 0 bridgehead atoms. The molecule has 1 N–H and O–H groups in total. The molecular weight excluding hydrogens is 494 g/mol. The molecule has 7 heteroatoms. The lowest BCUT2D eigenvalue weighted by molar-refractivity contribution is -0.168. The Morgan fingerprint density at radius 1 is 1.00 bits per heavy atom. The van der Waals surface area contributed by atoms with E-state index in [-0.39, 0.29) is 25.0 Å². The summed E-state index contributed by atoms with van der Waals surface area (Å²) in [6.45, 7) is 2.04. The van der Waals surface area contributed by atoms with Crippen LogP contribution in [-0.2, 0) is 33.9 Å². The van der Waals surface area contributed by atoms with Crippen molar-refractivity contribution in [3.05, 3.63) is 95.1 Å². The standard InChI is InChI=1S/C32H35NO6/c1-32(31(35)36)19-26-24(17-18-27(37-2)29(26)38-21-22-11-5-3-6-12-22)20-33(32)30(34)28(23-13-7-4-8-14-23)39-25-15-9-10-16-25/h3-8,11-14,17-18,25,28H,9-10,15-16,19-21H2,1-2H3,(H,35,36)/t28-,32-/m1/s1. The van der Waals surface area contributed by atoms with Crippen molar-refractivity contribution in [1.82, 2.24) is 4.90 Å². The van der Waals surface area contributed by atoms with E-state index >= 15 is 0 Å². The molecule has 0 unspecified atom stereocenters. The van der Waals surface area contributed by atoms with E-state index in [0.717, 1.165) is 47.9 Å². The Morgan fingerprint density at radius 3 is 2.31 bits per heavy atom. The second-order valence-electron chi connectivity index (χ2n) is 10.5. The Labute approximate surface area is 229 Å². The van der Waals surface area contributed by atoms with Gasteiger partial charge in [0.15, 0.2) is 17.6 Å². The second-order valence-corrected chi connectivity index (χ2v) is 10.5. The number of fused-ring (bicyclic) bond motifs is 1. The highest BCUT2D eigenvalue weighted by Gasteiger charge is 2.49. The number of ether oxygens (including phenoxy) is 3. The number of nitrogens with zero attached hydrogens (tertiary/aromatic N) is 1. The first-order valence-electron chi connectivity index (χ1n) is 13.5. The van der Waals surface area contributed by atoms with Gasteiger partial charge in [0, 0.05) is 18.5 Å². The number of carbonyl (C=O) groups excluding carboxylic acids is 1. The summed E-state index contributed by atoms with van der Waals surface area (Å²) in [4.78, 5) is 28.5. The van der Waals surface area contributed by atoms with Gasteiger partial charge < -0.3 is 24.2 Å². The summed E-state index contributed by atoms with van der Waals surface area (Å²) < 4.78 is 18.2. The molecule has 5 rings (SSSR count). The van der Waals surface area contributed by atoms with Crippen molar-refractivity contribution in [2.75, 3.05) is 7.11 Å². The summed E-state index contributed by atoms with van der Waals surface area (Å²) >= 11 is 0. The van der Waals surface area contributed by atoms with Crippen LogP contribution in [0.15, 0.2) is 72.8 Å². The number of methoxy groups -OCH3 is 1. The number of carbonyl (C=O) groups is 2. The normalized spacial score (nSPS) is 19.8. The van der Waals surface area contributed by atoms with E-state index < -0.39 is 17.6 Å². The molecule has 0 saturated heterocycles. The Bertz CT molecular complexity index is 1300. The van der Waals surface area contributed by atoms with Crippen molar-refractivity contribution in [2.24, 2.45) is 0 Å². The molecule has 0 aromatic heterocycles. The summed E-state index contributed by atoms with van der Waals surface area (Å²) in [6.07, 6.45) is 3.12. The fourth-order valence-corrected chi connectivity index (χ4v) is 5.60.